The van der Waals surface area contributed by atoms with Gasteiger partial charge in [-0.1, -0.05) is 11.6 Å². The van der Waals surface area contributed by atoms with Crippen LogP contribution in [0.25, 0.3) is 0 Å². The number of aryl methyl sites for hydroxylation is 1. The van der Waals surface area contributed by atoms with E-state index in [4.69, 9.17) is 11.6 Å². The van der Waals surface area contributed by atoms with Crippen LogP contribution in [0.3, 0.4) is 0 Å². The van der Waals surface area contributed by atoms with Gasteiger partial charge in [0, 0.05) is 41.8 Å². The van der Waals surface area contributed by atoms with Crippen molar-refractivity contribution in [1.29, 1.82) is 0 Å². The molecule has 164 valence electrons. The van der Waals surface area contributed by atoms with Crippen LogP contribution in [0.5, 0.6) is 0 Å². The Bertz CT molecular complexity index is 957. The smallest absolute Gasteiger partial charge is 0.259 e. The summed E-state index contributed by atoms with van der Waals surface area (Å²) in [5.41, 5.74) is 1.74. The molecule has 2 aliphatic rings. The zero-order valence-corrected chi connectivity index (χ0v) is 18.7. The van der Waals surface area contributed by atoms with Crippen LogP contribution in [0.1, 0.15) is 47.1 Å². The molecule has 1 aromatic heterocycles. The van der Waals surface area contributed by atoms with E-state index in [1.54, 1.807) is 30.5 Å². The van der Waals surface area contributed by atoms with Crippen LogP contribution in [0, 0.1) is 12.8 Å². The first kappa shape index (κ1) is 21.7. The van der Waals surface area contributed by atoms with Crippen LogP contribution in [0.15, 0.2) is 30.5 Å². The Labute approximate surface area is 187 Å². The van der Waals surface area contributed by atoms with E-state index >= 15 is 0 Å². The molecule has 1 aromatic carbocycles. The van der Waals surface area contributed by atoms with Gasteiger partial charge in [-0.05, 0) is 70.6 Å². The van der Waals surface area contributed by atoms with Gasteiger partial charge in [-0.15, -0.1) is 0 Å². The highest BCUT2D eigenvalue weighted by atomic mass is 35.5. The number of hydrogen-bond donors (Lipinski definition) is 1. The lowest BCUT2D eigenvalue weighted by atomic mass is 9.96. The minimum Gasteiger partial charge on any atom is -0.342 e. The highest BCUT2D eigenvalue weighted by molar-refractivity contribution is 6.30. The van der Waals surface area contributed by atoms with E-state index in [0.29, 0.717) is 34.3 Å². The number of nitrogens with one attached hydrogen (secondary N) is 1. The molecule has 0 aliphatic carbocycles. The molecule has 2 aliphatic heterocycles. The SMILES string of the molecule is Cc1nc([C@H]2CCN(C(=O)C3CCN(C)CC3)C2)ncc1C(=O)Nc1ccc(Cl)cc1. The van der Waals surface area contributed by atoms with Crippen LogP contribution in [0.4, 0.5) is 5.69 Å². The predicted octanol–water partition coefficient (Wildman–Crippen LogP) is 3.35. The predicted molar refractivity (Wildman–Crippen MR) is 120 cm³/mol. The number of anilines is 1. The van der Waals surface area contributed by atoms with E-state index in [9.17, 15) is 9.59 Å². The zero-order chi connectivity index (χ0) is 22.0. The number of nitrogens with zero attached hydrogens (tertiary/aromatic N) is 4. The van der Waals surface area contributed by atoms with Crippen molar-refractivity contribution in [3.63, 3.8) is 0 Å². The summed E-state index contributed by atoms with van der Waals surface area (Å²) < 4.78 is 0. The molecule has 1 atom stereocenters. The van der Waals surface area contributed by atoms with Crippen LogP contribution in [0.2, 0.25) is 5.02 Å². The lowest BCUT2D eigenvalue weighted by Gasteiger charge is -2.30. The molecular formula is C23H28ClN5O2. The average molecular weight is 442 g/mol. The van der Waals surface area contributed by atoms with Crippen LogP contribution in [-0.4, -0.2) is 64.8 Å². The molecule has 2 fully saturated rings. The number of halogens is 1. The number of likely N-dealkylation sites (tertiary alicyclic amines) is 2. The Hall–Kier alpha value is -2.51. The third-order valence-corrected chi connectivity index (χ3v) is 6.53. The van der Waals surface area contributed by atoms with Gasteiger partial charge in [0.2, 0.25) is 5.91 Å². The van der Waals surface area contributed by atoms with Crippen LogP contribution in [-0.2, 0) is 4.79 Å². The molecule has 0 bridgehead atoms. The second-order valence-corrected chi connectivity index (χ2v) is 8.97. The Morgan fingerprint density at radius 3 is 2.48 bits per heavy atom. The Balaban J connectivity index is 1.38. The standard InChI is InChI=1S/C23H28ClN5O2/c1-15-20(22(30)27-19-5-3-18(24)4-6-19)13-25-21(26-15)17-9-12-29(14-17)23(31)16-7-10-28(2)11-8-16/h3-6,13,16-17H,7-12,14H2,1-2H3,(H,27,30)/t17-/m0/s1. The van der Waals surface area contributed by atoms with Crippen molar-refractivity contribution in [3.05, 3.63) is 52.6 Å². The molecule has 31 heavy (non-hydrogen) atoms. The summed E-state index contributed by atoms with van der Waals surface area (Å²) in [5.74, 6) is 0.973. The van der Waals surface area contributed by atoms with Gasteiger partial charge < -0.3 is 15.1 Å². The summed E-state index contributed by atoms with van der Waals surface area (Å²) in [7, 11) is 2.10. The maximum atomic E-state index is 12.9. The number of rotatable bonds is 4. The summed E-state index contributed by atoms with van der Waals surface area (Å²) in [6.07, 6.45) is 4.31. The van der Waals surface area contributed by atoms with Crippen molar-refractivity contribution in [2.45, 2.75) is 32.1 Å². The molecule has 2 amide bonds. The molecule has 0 radical (unpaired) electrons. The van der Waals surface area contributed by atoms with E-state index in [1.807, 2.05) is 11.8 Å². The molecule has 0 spiro atoms. The van der Waals surface area contributed by atoms with E-state index in [0.717, 1.165) is 38.9 Å². The van der Waals surface area contributed by atoms with Gasteiger partial charge in [0.15, 0.2) is 0 Å². The maximum Gasteiger partial charge on any atom is 0.259 e. The fourth-order valence-corrected chi connectivity index (χ4v) is 4.45. The van der Waals surface area contributed by atoms with E-state index in [2.05, 4.69) is 27.2 Å². The van der Waals surface area contributed by atoms with Crippen LogP contribution >= 0.6 is 11.6 Å². The van der Waals surface area contributed by atoms with Gasteiger partial charge in [-0.25, -0.2) is 9.97 Å². The third kappa shape index (κ3) is 5.05. The summed E-state index contributed by atoms with van der Waals surface area (Å²) in [4.78, 5) is 38.8. The van der Waals surface area contributed by atoms with Crippen molar-refractivity contribution in [2.24, 2.45) is 5.92 Å². The van der Waals surface area contributed by atoms with Gasteiger partial charge in [-0.3, -0.25) is 9.59 Å². The van der Waals surface area contributed by atoms with Crippen molar-refractivity contribution in [3.8, 4) is 0 Å². The fraction of sp³-hybridized carbons (Fsp3) is 0.478. The number of benzene rings is 1. The van der Waals surface area contributed by atoms with Crippen LogP contribution < -0.4 is 5.32 Å². The summed E-state index contributed by atoms with van der Waals surface area (Å²) in [6, 6.07) is 6.95. The molecule has 2 aromatic rings. The molecule has 0 unspecified atom stereocenters. The topological polar surface area (TPSA) is 78.4 Å². The monoisotopic (exact) mass is 441 g/mol. The summed E-state index contributed by atoms with van der Waals surface area (Å²) in [5, 5.41) is 3.46. The molecule has 3 heterocycles. The average Bonchev–Trinajstić information content (AvgIpc) is 3.25. The van der Waals surface area contributed by atoms with E-state index in [-0.39, 0.29) is 23.7 Å². The first-order valence-corrected chi connectivity index (χ1v) is 11.2. The minimum atomic E-state index is -0.253. The zero-order valence-electron chi connectivity index (χ0n) is 18.0. The van der Waals surface area contributed by atoms with Gasteiger partial charge >= 0.3 is 0 Å². The molecule has 1 N–H and O–H groups in total. The highest BCUT2D eigenvalue weighted by Gasteiger charge is 2.34. The van der Waals surface area contributed by atoms with E-state index < -0.39 is 0 Å². The van der Waals surface area contributed by atoms with Gasteiger partial charge in [0.05, 0.1) is 11.3 Å². The first-order chi connectivity index (χ1) is 14.9. The third-order valence-electron chi connectivity index (χ3n) is 6.28. The molecule has 8 heteroatoms. The Morgan fingerprint density at radius 2 is 1.81 bits per heavy atom. The Morgan fingerprint density at radius 1 is 1.10 bits per heavy atom. The van der Waals surface area contributed by atoms with Crippen molar-refractivity contribution in [2.75, 3.05) is 38.5 Å². The van der Waals surface area contributed by atoms with Crippen molar-refractivity contribution >= 4 is 29.1 Å². The number of hydrogen-bond acceptors (Lipinski definition) is 5. The minimum absolute atomic E-state index is 0.113. The van der Waals surface area contributed by atoms with Crippen molar-refractivity contribution < 1.29 is 9.59 Å². The highest BCUT2D eigenvalue weighted by Crippen LogP contribution is 2.28. The molecule has 2 saturated heterocycles. The van der Waals surface area contributed by atoms with Gasteiger partial charge in [0.1, 0.15) is 5.82 Å². The molecule has 7 nitrogen and oxygen atoms in total. The lowest BCUT2D eigenvalue weighted by molar-refractivity contribution is -0.135. The number of piperidine rings is 1. The second kappa shape index (κ2) is 9.32. The number of carbonyl (C=O) groups is 2. The largest absolute Gasteiger partial charge is 0.342 e. The van der Waals surface area contributed by atoms with Gasteiger partial charge in [-0.2, -0.15) is 0 Å². The van der Waals surface area contributed by atoms with Gasteiger partial charge in [0.25, 0.3) is 5.91 Å². The first-order valence-electron chi connectivity index (χ1n) is 10.8. The molecule has 4 rings (SSSR count). The second-order valence-electron chi connectivity index (χ2n) is 8.54. The number of carbonyl (C=O) groups excluding carboxylic acids is 2. The Kier molecular flexibility index (Phi) is 6.53. The number of amides is 2. The normalized spacial score (nSPS) is 20.1. The summed E-state index contributed by atoms with van der Waals surface area (Å²) >= 11 is 5.89. The lowest BCUT2D eigenvalue weighted by Crippen LogP contribution is -2.40. The van der Waals surface area contributed by atoms with E-state index in [1.165, 1.54) is 0 Å². The molecular weight excluding hydrogens is 414 g/mol. The quantitative estimate of drug-likeness (QED) is 0.787. The maximum absolute atomic E-state index is 12.9. The summed E-state index contributed by atoms with van der Waals surface area (Å²) in [6.45, 7) is 5.18. The molecule has 0 saturated carbocycles. The number of aromatic nitrogens is 2. The van der Waals surface area contributed by atoms with Crippen molar-refractivity contribution in [1.82, 2.24) is 19.8 Å². The fourth-order valence-electron chi connectivity index (χ4n) is 4.32.